The Kier molecular flexibility index (Phi) is 4.58. The minimum atomic E-state index is 0.532. The van der Waals surface area contributed by atoms with Gasteiger partial charge in [0, 0.05) is 24.1 Å². The molecule has 0 radical (unpaired) electrons. The first-order chi connectivity index (χ1) is 9.88. The molecule has 3 rings (SSSR count). The van der Waals surface area contributed by atoms with Gasteiger partial charge in [0.1, 0.15) is 5.75 Å². The Balaban J connectivity index is 1.67. The Bertz CT molecular complexity index is 429. The van der Waals surface area contributed by atoms with Crippen molar-refractivity contribution in [2.75, 3.05) is 26.2 Å². The van der Waals surface area contributed by atoms with Gasteiger partial charge in [-0.15, -0.1) is 0 Å². The zero-order valence-corrected chi connectivity index (χ0v) is 12.3. The maximum absolute atomic E-state index is 5.83. The molecule has 0 aromatic heterocycles. The Hall–Kier alpha value is -1.06. The summed E-state index contributed by atoms with van der Waals surface area (Å²) in [4.78, 5) is 2.68. The molecule has 1 heterocycles. The van der Waals surface area contributed by atoms with Crippen molar-refractivity contribution >= 4 is 0 Å². The van der Waals surface area contributed by atoms with Crippen LogP contribution in [-0.2, 0) is 0 Å². The highest BCUT2D eigenvalue weighted by Crippen LogP contribution is 2.35. The van der Waals surface area contributed by atoms with E-state index in [1.54, 1.807) is 0 Å². The summed E-state index contributed by atoms with van der Waals surface area (Å²) in [6.07, 6.45) is 6.61. The molecular weight excluding hydrogens is 248 g/mol. The van der Waals surface area contributed by atoms with Gasteiger partial charge in [-0.25, -0.2) is 0 Å². The molecule has 2 N–H and O–H groups in total. The summed E-state index contributed by atoms with van der Waals surface area (Å²) in [6.45, 7) is 3.90. The van der Waals surface area contributed by atoms with Crippen molar-refractivity contribution in [2.24, 2.45) is 5.73 Å². The van der Waals surface area contributed by atoms with Crippen molar-refractivity contribution < 1.29 is 4.74 Å². The van der Waals surface area contributed by atoms with Gasteiger partial charge in [0.15, 0.2) is 0 Å². The largest absolute Gasteiger partial charge is 0.493 e. The first-order valence-corrected chi connectivity index (χ1v) is 8.04. The van der Waals surface area contributed by atoms with Gasteiger partial charge in [0.05, 0.1) is 6.61 Å². The summed E-state index contributed by atoms with van der Waals surface area (Å²) < 4.78 is 5.83. The van der Waals surface area contributed by atoms with Gasteiger partial charge in [-0.05, 0) is 38.4 Å². The highest BCUT2D eigenvalue weighted by atomic mass is 16.5. The third-order valence-corrected chi connectivity index (χ3v) is 4.74. The molecule has 1 aromatic carbocycles. The number of hydrogen-bond donors (Lipinski definition) is 1. The van der Waals surface area contributed by atoms with Crippen LogP contribution in [0.5, 0.6) is 5.75 Å². The molecule has 0 saturated heterocycles. The van der Waals surface area contributed by atoms with Crippen molar-refractivity contribution in [3.8, 4) is 5.75 Å². The maximum Gasteiger partial charge on any atom is 0.122 e. The van der Waals surface area contributed by atoms with Gasteiger partial charge in [-0.3, -0.25) is 4.90 Å². The Morgan fingerprint density at radius 1 is 1.20 bits per heavy atom. The van der Waals surface area contributed by atoms with E-state index in [-0.39, 0.29) is 0 Å². The van der Waals surface area contributed by atoms with Crippen LogP contribution in [-0.4, -0.2) is 37.2 Å². The van der Waals surface area contributed by atoms with Gasteiger partial charge in [0.25, 0.3) is 0 Å². The topological polar surface area (TPSA) is 38.5 Å². The Labute approximate surface area is 122 Å². The lowest BCUT2D eigenvalue weighted by molar-refractivity contribution is 0.174. The van der Waals surface area contributed by atoms with Gasteiger partial charge in [0.2, 0.25) is 0 Å². The second-order valence-corrected chi connectivity index (χ2v) is 6.12. The van der Waals surface area contributed by atoms with Crippen LogP contribution in [0, 0.1) is 0 Å². The van der Waals surface area contributed by atoms with E-state index in [0.717, 1.165) is 44.5 Å². The molecule has 1 saturated carbocycles. The molecule has 1 aromatic rings. The predicted molar refractivity (Wildman–Crippen MR) is 82.2 cm³/mol. The summed E-state index contributed by atoms with van der Waals surface area (Å²) in [5.41, 5.74) is 7.10. The molecule has 3 nitrogen and oxygen atoms in total. The molecule has 110 valence electrons. The number of ether oxygens (including phenoxy) is 1. The number of hydrogen-bond acceptors (Lipinski definition) is 3. The first-order valence-electron chi connectivity index (χ1n) is 8.04. The molecule has 1 unspecified atom stereocenters. The van der Waals surface area contributed by atoms with E-state index in [9.17, 15) is 0 Å². The summed E-state index contributed by atoms with van der Waals surface area (Å²) in [7, 11) is 0. The van der Waals surface area contributed by atoms with E-state index in [1.807, 2.05) is 0 Å². The smallest absolute Gasteiger partial charge is 0.122 e. The van der Waals surface area contributed by atoms with Crippen molar-refractivity contribution in [1.29, 1.82) is 0 Å². The average Bonchev–Trinajstić information content (AvgIpc) is 3.13. The number of nitrogens with two attached hydrogens (primary N) is 1. The van der Waals surface area contributed by atoms with Crippen molar-refractivity contribution in [3.05, 3.63) is 29.8 Å². The van der Waals surface area contributed by atoms with Crippen molar-refractivity contribution in [3.63, 3.8) is 0 Å². The number of nitrogens with zero attached hydrogens (tertiary/aromatic N) is 1. The van der Waals surface area contributed by atoms with E-state index in [1.165, 1.54) is 31.2 Å². The molecule has 1 aliphatic carbocycles. The van der Waals surface area contributed by atoms with Gasteiger partial charge in [-0.2, -0.15) is 0 Å². The molecule has 1 fully saturated rings. The van der Waals surface area contributed by atoms with E-state index < -0.39 is 0 Å². The fourth-order valence-corrected chi connectivity index (χ4v) is 3.65. The summed E-state index contributed by atoms with van der Waals surface area (Å²) in [6, 6.07) is 9.28. The molecule has 3 heteroatoms. The minimum Gasteiger partial charge on any atom is -0.493 e. The average molecular weight is 274 g/mol. The second kappa shape index (κ2) is 6.59. The third kappa shape index (κ3) is 2.99. The highest BCUT2D eigenvalue weighted by molar-refractivity contribution is 5.39. The predicted octanol–water partition coefficient (Wildman–Crippen LogP) is 2.76. The van der Waals surface area contributed by atoms with Crippen LogP contribution in [0.15, 0.2) is 24.3 Å². The molecule has 1 aliphatic heterocycles. The monoisotopic (exact) mass is 274 g/mol. The lowest BCUT2D eigenvalue weighted by Crippen LogP contribution is -2.38. The molecule has 2 aliphatic rings. The third-order valence-electron chi connectivity index (χ3n) is 4.74. The Morgan fingerprint density at radius 2 is 2.00 bits per heavy atom. The zero-order valence-electron chi connectivity index (χ0n) is 12.3. The quantitative estimate of drug-likeness (QED) is 0.867. The fourth-order valence-electron chi connectivity index (χ4n) is 3.65. The van der Waals surface area contributed by atoms with Crippen LogP contribution >= 0.6 is 0 Å². The first kappa shape index (κ1) is 13.9. The Morgan fingerprint density at radius 3 is 2.80 bits per heavy atom. The minimum absolute atomic E-state index is 0.532. The summed E-state index contributed by atoms with van der Waals surface area (Å²) in [5, 5.41) is 0. The lowest BCUT2D eigenvalue weighted by atomic mass is 9.99. The van der Waals surface area contributed by atoms with Crippen LogP contribution < -0.4 is 10.5 Å². The van der Waals surface area contributed by atoms with E-state index >= 15 is 0 Å². The number of rotatable bonds is 6. The highest BCUT2D eigenvalue weighted by Gasteiger charge is 2.29. The molecule has 1 atom stereocenters. The van der Waals surface area contributed by atoms with Gasteiger partial charge >= 0.3 is 0 Å². The SMILES string of the molecule is NCCCN(CC1COc2ccccc21)C1CCCC1. The normalized spacial score (nSPS) is 22.2. The van der Waals surface area contributed by atoms with Crippen LogP contribution in [0.4, 0.5) is 0 Å². The number of para-hydroxylation sites is 1. The van der Waals surface area contributed by atoms with Gasteiger partial charge < -0.3 is 10.5 Å². The van der Waals surface area contributed by atoms with Gasteiger partial charge in [-0.1, -0.05) is 31.0 Å². The number of benzene rings is 1. The van der Waals surface area contributed by atoms with E-state index in [4.69, 9.17) is 10.5 Å². The molecule has 0 bridgehead atoms. The zero-order chi connectivity index (χ0) is 13.8. The molecular formula is C17H26N2O. The van der Waals surface area contributed by atoms with Crippen LogP contribution in [0.25, 0.3) is 0 Å². The fraction of sp³-hybridized carbons (Fsp3) is 0.647. The van der Waals surface area contributed by atoms with E-state index in [2.05, 4.69) is 29.2 Å². The van der Waals surface area contributed by atoms with Crippen molar-refractivity contribution in [1.82, 2.24) is 4.90 Å². The van der Waals surface area contributed by atoms with Crippen LogP contribution in [0.2, 0.25) is 0 Å². The van der Waals surface area contributed by atoms with Crippen molar-refractivity contribution in [2.45, 2.75) is 44.1 Å². The maximum atomic E-state index is 5.83. The lowest BCUT2D eigenvalue weighted by Gasteiger charge is -2.30. The van der Waals surface area contributed by atoms with E-state index in [0.29, 0.717) is 5.92 Å². The second-order valence-electron chi connectivity index (χ2n) is 6.12. The number of fused-ring (bicyclic) bond motifs is 1. The van der Waals surface area contributed by atoms with Crippen LogP contribution in [0.1, 0.15) is 43.6 Å². The molecule has 20 heavy (non-hydrogen) atoms. The molecule has 0 amide bonds. The summed E-state index contributed by atoms with van der Waals surface area (Å²) in [5.74, 6) is 1.62. The standard InChI is InChI=1S/C17H26N2O/c18-10-5-11-19(15-6-1-2-7-15)12-14-13-20-17-9-4-3-8-16(14)17/h3-4,8-9,14-15H,1-2,5-7,10-13,18H2. The summed E-state index contributed by atoms with van der Waals surface area (Å²) >= 11 is 0. The molecule has 0 spiro atoms. The van der Waals surface area contributed by atoms with Crippen LogP contribution in [0.3, 0.4) is 0 Å².